The normalized spacial score (nSPS) is 21.4. The van der Waals surface area contributed by atoms with Crippen molar-refractivity contribution < 1.29 is 28.2 Å². The topological polar surface area (TPSA) is 75.6 Å². The maximum atomic E-state index is 13.0. The van der Waals surface area contributed by atoms with Gasteiger partial charge in [0, 0.05) is 11.8 Å². The van der Waals surface area contributed by atoms with Gasteiger partial charge in [0.15, 0.2) is 0 Å². The second kappa shape index (κ2) is 4.77. The molecule has 5 nitrogen and oxygen atoms in total. The second-order valence-electron chi connectivity index (χ2n) is 3.87. The number of halogens is 2. The number of amides is 1. The first-order valence-corrected chi connectivity index (χ1v) is 5.26. The molecule has 100 valence electrons. The van der Waals surface area contributed by atoms with Gasteiger partial charge in [0.25, 0.3) is 11.5 Å². The van der Waals surface area contributed by atoms with Crippen molar-refractivity contribution in [3.8, 4) is 0 Å². The highest BCUT2D eigenvalue weighted by Crippen LogP contribution is 2.23. The number of benzene rings is 1. The van der Waals surface area contributed by atoms with E-state index in [1.54, 1.807) is 0 Å². The molecule has 2 rings (SSSR count). The fourth-order valence-corrected chi connectivity index (χ4v) is 1.66. The quantitative estimate of drug-likeness (QED) is 0.641. The number of hydrogen-bond donors (Lipinski definition) is 2. The Morgan fingerprint density at radius 3 is 2.37 bits per heavy atom. The number of nitrogens with one attached hydrogen (secondary N) is 1. The Morgan fingerprint density at radius 1 is 1.26 bits per heavy atom. The molecular formula is C12H9F2NO4. The summed E-state index contributed by atoms with van der Waals surface area (Å²) >= 11 is 0. The Balaban J connectivity index is 2.25. The van der Waals surface area contributed by atoms with Crippen molar-refractivity contribution in [2.75, 3.05) is 11.9 Å². The first-order chi connectivity index (χ1) is 8.94. The molecule has 1 amide bonds. The number of anilines is 1. The average molecular weight is 269 g/mol. The molecule has 1 aromatic carbocycles. The molecule has 0 spiro atoms. The molecule has 0 fully saturated rings. The first-order valence-electron chi connectivity index (χ1n) is 5.26. The van der Waals surface area contributed by atoms with Crippen LogP contribution in [0.25, 0.3) is 0 Å². The van der Waals surface area contributed by atoms with Crippen LogP contribution in [0.5, 0.6) is 0 Å². The van der Waals surface area contributed by atoms with E-state index in [0.717, 1.165) is 18.2 Å². The predicted octanol–water partition coefficient (Wildman–Crippen LogP) is 1.31. The summed E-state index contributed by atoms with van der Waals surface area (Å²) in [6, 6.07) is 2.37. The maximum Gasteiger partial charge on any atom is 0.350 e. The lowest BCUT2D eigenvalue weighted by atomic mass is 10.0. The molecule has 0 aliphatic carbocycles. The molecular weight excluding hydrogens is 260 g/mol. The molecule has 0 bridgehead atoms. The first kappa shape index (κ1) is 13.2. The zero-order chi connectivity index (χ0) is 14.0. The van der Waals surface area contributed by atoms with E-state index < -0.39 is 29.1 Å². The summed E-state index contributed by atoms with van der Waals surface area (Å²) in [6.45, 7) is -0.0305. The van der Waals surface area contributed by atoms with Gasteiger partial charge in [-0.15, -0.1) is 0 Å². The van der Waals surface area contributed by atoms with Gasteiger partial charge in [-0.2, -0.15) is 0 Å². The number of carbonyl (C=O) groups excluding carboxylic acids is 1. The van der Waals surface area contributed by atoms with Gasteiger partial charge in [0.2, 0.25) is 0 Å². The van der Waals surface area contributed by atoms with Crippen LogP contribution in [0.1, 0.15) is 0 Å². The molecule has 1 atom stereocenters. The van der Waals surface area contributed by atoms with E-state index in [9.17, 15) is 18.4 Å². The highest BCUT2D eigenvalue weighted by Gasteiger charge is 2.47. The third kappa shape index (κ3) is 2.45. The van der Waals surface area contributed by atoms with E-state index in [1.165, 1.54) is 6.08 Å². The lowest BCUT2D eigenvalue weighted by molar-refractivity contribution is -0.161. The summed E-state index contributed by atoms with van der Waals surface area (Å²) in [5.74, 6) is -4.31. The number of carboxylic acids is 1. The molecule has 7 heteroatoms. The highest BCUT2D eigenvalue weighted by atomic mass is 19.1. The lowest BCUT2D eigenvalue weighted by Gasteiger charge is -2.20. The van der Waals surface area contributed by atoms with Crippen molar-refractivity contribution >= 4 is 17.6 Å². The van der Waals surface area contributed by atoms with E-state index in [4.69, 9.17) is 9.84 Å². The third-order valence-corrected chi connectivity index (χ3v) is 2.54. The summed E-state index contributed by atoms with van der Waals surface area (Å²) in [5, 5.41) is 11.1. The van der Waals surface area contributed by atoms with Gasteiger partial charge in [-0.3, -0.25) is 4.79 Å². The molecule has 19 heavy (non-hydrogen) atoms. The summed E-state index contributed by atoms with van der Waals surface area (Å²) in [7, 11) is 0. The van der Waals surface area contributed by atoms with E-state index in [0.29, 0.717) is 6.07 Å². The third-order valence-electron chi connectivity index (χ3n) is 2.54. The summed E-state index contributed by atoms with van der Waals surface area (Å²) in [4.78, 5) is 23.0. The van der Waals surface area contributed by atoms with Gasteiger partial charge >= 0.3 is 5.97 Å². The minimum atomic E-state index is -2.16. The van der Waals surface area contributed by atoms with Crippen molar-refractivity contribution in [3.05, 3.63) is 42.0 Å². The Kier molecular flexibility index (Phi) is 3.30. The van der Waals surface area contributed by atoms with Gasteiger partial charge in [-0.1, -0.05) is 6.08 Å². The van der Waals surface area contributed by atoms with E-state index in [2.05, 4.69) is 5.32 Å². The van der Waals surface area contributed by atoms with E-state index in [1.807, 2.05) is 0 Å². The predicted molar refractivity (Wildman–Crippen MR) is 60.4 cm³/mol. The van der Waals surface area contributed by atoms with Crippen LogP contribution in [-0.2, 0) is 14.3 Å². The van der Waals surface area contributed by atoms with Gasteiger partial charge < -0.3 is 15.2 Å². The Hall–Kier alpha value is -2.28. The number of hydrogen-bond acceptors (Lipinski definition) is 3. The Morgan fingerprint density at radius 2 is 1.89 bits per heavy atom. The minimum Gasteiger partial charge on any atom is -0.478 e. The standard InChI is InChI=1S/C12H9F2NO4/c13-7-4-8(14)6-9(5-7)15-10(16)12(11(17)18)2-1-3-19-12/h1-2,4-6H,3H2,(H,15,16)(H,17,18). The van der Waals surface area contributed by atoms with Crippen molar-refractivity contribution in [1.29, 1.82) is 0 Å². The van der Waals surface area contributed by atoms with Crippen LogP contribution in [0.15, 0.2) is 30.4 Å². The molecule has 1 aliphatic rings. The van der Waals surface area contributed by atoms with Crippen molar-refractivity contribution in [1.82, 2.24) is 0 Å². The molecule has 1 heterocycles. The van der Waals surface area contributed by atoms with Gasteiger partial charge in [0.1, 0.15) is 11.6 Å². The van der Waals surface area contributed by atoms with Crippen molar-refractivity contribution in [2.45, 2.75) is 5.60 Å². The van der Waals surface area contributed by atoms with Crippen LogP contribution >= 0.6 is 0 Å². The fraction of sp³-hybridized carbons (Fsp3) is 0.167. The SMILES string of the molecule is O=C(O)C1(C(=O)Nc2cc(F)cc(F)c2)C=CCO1. The largest absolute Gasteiger partial charge is 0.478 e. The smallest absolute Gasteiger partial charge is 0.350 e. The highest BCUT2D eigenvalue weighted by molar-refractivity contribution is 6.13. The Bertz CT molecular complexity index is 553. The molecule has 0 aromatic heterocycles. The van der Waals surface area contributed by atoms with Crippen LogP contribution in [0.4, 0.5) is 14.5 Å². The molecule has 1 aromatic rings. The monoisotopic (exact) mass is 269 g/mol. The van der Waals surface area contributed by atoms with Crippen molar-refractivity contribution in [3.63, 3.8) is 0 Å². The molecule has 2 N–H and O–H groups in total. The summed E-state index contributed by atoms with van der Waals surface area (Å²) < 4.78 is 30.8. The zero-order valence-corrected chi connectivity index (χ0v) is 9.52. The molecule has 0 saturated heterocycles. The summed E-state index contributed by atoms with van der Waals surface area (Å²) in [6.07, 6.45) is 2.46. The minimum absolute atomic E-state index is 0.0305. The molecule has 1 aliphatic heterocycles. The van der Waals surface area contributed by atoms with Crippen LogP contribution in [0, 0.1) is 11.6 Å². The van der Waals surface area contributed by atoms with Crippen LogP contribution < -0.4 is 5.32 Å². The van der Waals surface area contributed by atoms with E-state index in [-0.39, 0.29) is 12.3 Å². The maximum absolute atomic E-state index is 13.0. The van der Waals surface area contributed by atoms with E-state index >= 15 is 0 Å². The Labute approximate surface area is 106 Å². The lowest BCUT2D eigenvalue weighted by Crippen LogP contribution is -2.48. The van der Waals surface area contributed by atoms with Crippen LogP contribution in [0.2, 0.25) is 0 Å². The molecule has 0 radical (unpaired) electrons. The number of carboxylic acid groups (broad SMARTS) is 1. The zero-order valence-electron chi connectivity index (χ0n) is 9.52. The number of ether oxygens (including phenoxy) is 1. The van der Waals surface area contributed by atoms with Gasteiger partial charge in [-0.05, 0) is 18.2 Å². The summed E-state index contributed by atoms with van der Waals surface area (Å²) in [5.41, 5.74) is -2.35. The molecule has 1 unspecified atom stereocenters. The van der Waals surface area contributed by atoms with Gasteiger partial charge in [0.05, 0.1) is 6.61 Å². The van der Waals surface area contributed by atoms with Crippen LogP contribution in [-0.4, -0.2) is 29.2 Å². The number of carbonyl (C=O) groups is 2. The number of rotatable bonds is 3. The van der Waals surface area contributed by atoms with Gasteiger partial charge in [-0.25, -0.2) is 13.6 Å². The number of aliphatic carboxylic acids is 1. The molecule has 0 saturated carbocycles. The van der Waals surface area contributed by atoms with Crippen LogP contribution in [0.3, 0.4) is 0 Å². The second-order valence-corrected chi connectivity index (χ2v) is 3.87. The average Bonchev–Trinajstić information content (AvgIpc) is 2.77. The van der Waals surface area contributed by atoms with Crippen molar-refractivity contribution in [2.24, 2.45) is 0 Å². The fourth-order valence-electron chi connectivity index (χ4n) is 1.66.